The Labute approximate surface area is 174 Å². The third kappa shape index (κ3) is 5.20. The highest BCUT2D eigenvalue weighted by Crippen LogP contribution is 2.29. The Morgan fingerprint density at radius 1 is 1.07 bits per heavy atom. The van der Waals surface area contributed by atoms with Crippen molar-refractivity contribution in [2.24, 2.45) is 5.92 Å². The smallest absolute Gasteiger partial charge is 0.350 e. The third-order valence-electron chi connectivity index (χ3n) is 5.20. The fraction of sp³-hybridized carbons (Fsp3) is 0.391. The molecule has 1 heterocycles. The van der Waals surface area contributed by atoms with Crippen LogP contribution in [-0.2, 0) is 35.3 Å². The molecule has 160 valence electrons. The van der Waals surface area contributed by atoms with Crippen LogP contribution >= 0.6 is 0 Å². The molecule has 2 aromatic rings. The molecule has 0 spiro atoms. The highest BCUT2D eigenvalue weighted by Gasteiger charge is 2.34. The van der Waals surface area contributed by atoms with E-state index < -0.39 is 17.8 Å². The summed E-state index contributed by atoms with van der Waals surface area (Å²) >= 11 is 0. The van der Waals surface area contributed by atoms with Crippen molar-refractivity contribution in [3.8, 4) is 0 Å². The normalized spacial score (nSPS) is 16.3. The molecule has 3 rings (SSSR count). The standard InChI is InChI=1S/C23H25F3N2O2/c1-15(2)11-21(29)28-14-18-6-4-3-5-17(18)12-20(28)22(30)27-13-16-7-9-19(10-8-16)23(24,25)26/h3-10,15,20H,11-14H2,1-2H3,(H,27,30). The third-order valence-corrected chi connectivity index (χ3v) is 5.20. The summed E-state index contributed by atoms with van der Waals surface area (Å²) < 4.78 is 38.1. The van der Waals surface area contributed by atoms with Gasteiger partial charge < -0.3 is 10.2 Å². The van der Waals surface area contributed by atoms with Crippen LogP contribution in [0.1, 0.15) is 42.5 Å². The molecule has 0 fully saturated rings. The first-order valence-corrected chi connectivity index (χ1v) is 9.95. The predicted molar refractivity (Wildman–Crippen MR) is 107 cm³/mol. The van der Waals surface area contributed by atoms with Crippen molar-refractivity contribution in [3.05, 3.63) is 70.8 Å². The summed E-state index contributed by atoms with van der Waals surface area (Å²) in [5.41, 5.74) is 1.89. The van der Waals surface area contributed by atoms with Crippen LogP contribution in [0.5, 0.6) is 0 Å². The highest BCUT2D eigenvalue weighted by atomic mass is 19.4. The number of nitrogens with zero attached hydrogens (tertiary/aromatic N) is 1. The number of halogens is 3. The molecular weight excluding hydrogens is 393 g/mol. The van der Waals surface area contributed by atoms with Gasteiger partial charge in [0.2, 0.25) is 11.8 Å². The molecule has 30 heavy (non-hydrogen) atoms. The second-order valence-corrected chi connectivity index (χ2v) is 8.02. The Balaban J connectivity index is 1.72. The van der Waals surface area contributed by atoms with Crippen molar-refractivity contribution in [2.75, 3.05) is 0 Å². The van der Waals surface area contributed by atoms with Crippen molar-refractivity contribution >= 4 is 11.8 Å². The van der Waals surface area contributed by atoms with E-state index in [2.05, 4.69) is 5.32 Å². The van der Waals surface area contributed by atoms with Crippen LogP contribution in [0.3, 0.4) is 0 Å². The molecule has 0 bridgehead atoms. The van der Waals surface area contributed by atoms with Crippen molar-refractivity contribution in [1.29, 1.82) is 0 Å². The summed E-state index contributed by atoms with van der Waals surface area (Å²) in [6.07, 6.45) is -3.63. The lowest BCUT2D eigenvalue weighted by molar-refractivity contribution is -0.142. The zero-order valence-corrected chi connectivity index (χ0v) is 17.0. The Kier molecular flexibility index (Phi) is 6.48. The number of fused-ring (bicyclic) bond motifs is 1. The maximum atomic E-state index is 12.9. The topological polar surface area (TPSA) is 49.4 Å². The van der Waals surface area contributed by atoms with Crippen molar-refractivity contribution < 1.29 is 22.8 Å². The summed E-state index contributed by atoms with van der Waals surface area (Å²) in [6.45, 7) is 4.38. The molecule has 1 aliphatic heterocycles. The van der Waals surface area contributed by atoms with Gasteiger partial charge in [0.05, 0.1) is 5.56 Å². The zero-order chi connectivity index (χ0) is 21.9. The first-order valence-electron chi connectivity index (χ1n) is 9.95. The fourth-order valence-corrected chi connectivity index (χ4v) is 3.60. The minimum atomic E-state index is -4.39. The number of nitrogens with one attached hydrogen (secondary N) is 1. The van der Waals surface area contributed by atoms with Crippen LogP contribution in [0, 0.1) is 5.92 Å². The van der Waals surface area contributed by atoms with Crippen LogP contribution in [0.2, 0.25) is 0 Å². The minimum absolute atomic E-state index is 0.0748. The predicted octanol–water partition coefficient (Wildman–Crippen LogP) is 4.32. The van der Waals surface area contributed by atoms with E-state index >= 15 is 0 Å². The minimum Gasteiger partial charge on any atom is -0.350 e. The molecule has 1 aliphatic rings. The van der Waals surface area contributed by atoms with Gasteiger partial charge in [0.1, 0.15) is 6.04 Å². The number of amides is 2. The molecule has 2 amide bonds. The first kappa shape index (κ1) is 21.9. The first-order chi connectivity index (χ1) is 14.1. The maximum absolute atomic E-state index is 12.9. The van der Waals surface area contributed by atoms with Crippen LogP contribution < -0.4 is 5.32 Å². The van der Waals surface area contributed by atoms with Crippen LogP contribution in [-0.4, -0.2) is 22.8 Å². The van der Waals surface area contributed by atoms with Gasteiger partial charge in [-0.15, -0.1) is 0 Å². The van der Waals surface area contributed by atoms with E-state index in [1.807, 2.05) is 38.1 Å². The number of benzene rings is 2. The molecule has 2 aromatic carbocycles. The second-order valence-electron chi connectivity index (χ2n) is 8.02. The summed E-state index contributed by atoms with van der Waals surface area (Å²) in [4.78, 5) is 27.3. The Morgan fingerprint density at radius 3 is 2.30 bits per heavy atom. The average Bonchev–Trinajstić information content (AvgIpc) is 2.70. The number of carbonyl (C=O) groups is 2. The SMILES string of the molecule is CC(C)CC(=O)N1Cc2ccccc2CC1C(=O)NCc1ccc(C(F)(F)F)cc1. The van der Waals surface area contributed by atoms with E-state index in [0.29, 0.717) is 24.9 Å². The molecule has 0 saturated carbocycles. The van der Waals surface area contributed by atoms with E-state index in [0.717, 1.165) is 23.3 Å². The number of rotatable bonds is 5. The molecule has 4 nitrogen and oxygen atoms in total. The van der Waals surface area contributed by atoms with Gasteiger partial charge in [0.15, 0.2) is 0 Å². The molecule has 0 aliphatic carbocycles. The molecule has 1 atom stereocenters. The van der Waals surface area contributed by atoms with E-state index in [1.54, 1.807) is 4.90 Å². The number of alkyl halides is 3. The van der Waals surface area contributed by atoms with Gasteiger partial charge in [0, 0.05) is 25.9 Å². The Bertz CT molecular complexity index is 907. The molecule has 0 saturated heterocycles. The highest BCUT2D eigenvalue weighted by molar-refractivity contribution is 5.88. The summed E-state index contributed by atoms with van der Waals surface area (Å²) in [7, 11) is 0. The van der Waals surface area contributed by atoms with Crippen molar-refractivity contribution in [2.45, 2.75) is 52.0 Å². The molecular formula is C23H25F3N2O2. The lowest BCUT2D eigenvalue weighted by Crippen LogP contribution is -2.52. The van der Waals surface area contributed by atoms with Crippen LogP contribution in [0.4, 0.5) is 13.2 Å². The zero-order valence-electron chi connectivity index (χ0n) is 17.0. The lowest BCUT2D eigenvalue weighted by Gasteiger charge is -2.36. The fourth-order valence-electron chi connectivity index (χ4n) is 3.60. The van der Waals surface area contributed by atoms with Gasteiger partial charge in [-0.3, -0.25) is 9.59 Å². The largest absolute Gasteiger partial charge is 0.416 e. The molecule has 0 radical (unpaired) electrons. The van der Waals surface area contributed by atoms with Crippen molar-refractivity contribution in [3.63, 3.8) is 0 Å². The monoisotopic (exact) mass is 418 g/mol. The average molecular weight is 418 g/mol. The summed E-state index contributed by atoms with van der Waals surface area (Å²) in [5.74, 6) is -0.207. The molecule has 1 N–H and O–H groups in total. The molecule has 7 heteroatoms. The van der Waals surface area contributed by atoms with E-state index in [1.165, 1.54) is 12.1 Å². The van der Waals surface area contributed by atoms with Gasteiger partial charge in [-0.1, -0.05) is 50.2 Å². The maximum Gasteiger partial charge on any atom is 0.416 e. The lowest BCUT2D eigenvalue weighted by atomic mass is 9.92. The Morgan fingerprint density at radius 2 is 1.70 bits per heavy atom. The number of hydrogen-bond donors (Lipinski definition) is 1. The quantitative estimate of drug-likeness (QED) is 0.786. The van der Waals surface area contributed by atoms with Gasteiger partial charge in [-0.2, -0.15) is 13.2 Å². The summed E-state index contributed by atoms with van der Waals surface area (Å²) in [5, 5.41) is 2.78. The van der Waals surface area contributed by atoms with Crippen LogP contribution in [0.15, 0.2) is 48.5 Å². The van der Waals surface area contributed by atoms with E-state index in [4.69, 9.17) is 0 Å². The van der Waals surface area contributed by atoms with E-state index in [9.17, 15) is 22.8 Å². The van der Waals surface area contributed by atoms with E-state index in [-0.39, 0.29) is 24.3 Å². The van der Waals surface area contributed by atoms with Gasteiger partial charge in [0.25, 0.3) is 0 Å². The van der Waals surface area contributed by atoms with Crippen LogP contribution in [0.25, 0.3) is 0 Å². The number of hydrogen-bond acceptors (Lipinski definition) is 2. The number of carbonyl (C=O) groups excluding carboxylic acids is 2. The van der Waals surface area contributed by atoms with Crippen molar-refractivity contribution in [1.82, 2.24) is 10.2 Å². The summed E-state index contributed by atoms with van der Waals surface area (Å²) in [6, 6.07) is 11.8. The van der Waals surface area contributed by atoms with Gasteiger partial charge >= 0.3 is 6.18 Å². The second kappa shape index (κ2) is 8.90. The molecule has 0 aromatic heterocycles. The Hall–Kier alpha value is -2.83. The van der Waals surface area contributed by atoms with Gasteiger partial charge in [-0.05, 0) is 34.7 Å². The molecule has 1 unspecified atom stereocenters. The van der Waals surface area contributed by atoms with Gasteiger partial charge in [-0.25, -0.2) is 0 Å².